The number of carbonyl (C=O) groups is 1. The van der Waals surface area contributed by atoms with Gasteiger partial charge < -0.3 is 0 Å². The second kappa shape index (κ2) is 6.56. The summed E-state index contributed by atoms with van der Waals surface area (Å²) in [5.41, 5.74) is 6.29. The maximum atomic E-state index is 12.9. The van der Waals surface area contributed by atoms with E-state index in [4.69, 9.17) is 0 Å². The molecule has 3 aromatic rings. The van der Waals surface area contributed by atoms with Crippen molar-refractivity contribution in [2.75, 3.05) is 0 Å². The zero-order valence-corrected chi connectivity index (χ0v) is 15.6. The summed E-state index contributed by atoms with van der Waals surface area (Å²) in [6.07, 6.45) is 1.41. The van der Waals surface area contributed by atoms with Crippen LogP contribution in [-0.2, 0) is 6.42 Å². The Morgan fingerprint density at radius 1 is 1.00 bits per heavy atom. The van der Waals surface area contributed by atoms with Crippen LogP contribution in [0.4, 0.5) is 0 Å². The van der Waals surface area contributed by atoms with E-state index < -0.39 is 0 Å². The van der Waals surface area contributed by atoms with Crippen molar-refractivity contribution in [3.63, 3.8) is 0 Å². The number of Topliss-reactive ketones (excluding diaryl/α,β-unsaturated/α-hetero) is 1. The van der Waals surface area contributed by atoms with Gasteiger partial charge in [0.05, 0.1) is 22.6 Å². The van der Waals surface area contributed by atoms with Crippen molar-refractivity contribution >= 4 is 5.78 Å². The number of carbonyl (C=O) groups excluding carboxylic acids is 1. The van der Waals surface area contributed by atoms with E-state index in [1.165, 1.54) is 11.1 Å². The van der Waals surface area contributed by atoms with Crippen LogP contribution in [0.25, 0.3) is 5.69 Å². The molecule has 0 saturated heterocycles. The van der Waals surface area contributed by atoms with Gasteiger partial charge in [0, 0.05) is 6.42 Å². The van der Waals surface area contributed by atoms with Gasteiger partial charge in [0.2, 0.25) is 0 Å². The Labute approximate surface area is 154 Å². The summed E-state index contributed by atoms with van der Waals surface area (Å²) in [6, 6.07) is 18.9. The quantitative estimate of drug-likeness (QED) is 0.653. The zero-order chi connectivity index (χ0) is 18.3. The van der Waals surface area contributed by atoms with Crippen LogP contribution in [0, 0.1) is 6.92 Å². The van der Waals surface area contributed by atoms with E-state index in [9.17, 15) is 4.79 Å². The molecule has 0 N–H and O–H groups in total. The van der Waals surface area contributed by atoms with Crippen molar-refractivity contribution in [2.24, 2.45) is 0 Å². The number of para-hydroxylation sites is 1. The summed E-state index contributed by atoms with van der Waals surface area (Å²) >= 11 is 0. The highest BCUT2D eigenvalue weighted by Gasteiger charge is 2.32. The van der Waals surface area contributed by atoms with E-state index >= 15 is 0 Å². The van der Waals surface area contributed by atoms with Gasteiger partial charge in [-0.05, 0) is 48.4 Å². The minimum Gasteiger partial charge on any atom is -0.294 e. The molecule has 1 heterocycles. The van der Waals surface area contributed by atoms with Crippen LogP contribution in [0.15, 0.2) is 54.6 Å². The van der Waals surface area contributed by atoms with Crippen LogP contribution in [0.2, 0.25) is 0 Å². The molecule has 0 saturated carbocycles. The van der Waals surface area contributed by atoms with Gasteiger partial charge in [-0.2, -0.15) is 5.10 Å². The lowest BCUT2D eigenvalue weighted by Gasteiger charge is -2.23. The predicted octanol–water partition coefficient (Wildman–Crippen LogP) is 5.22. The standard InChI is InChI=1S/C23H24N2O/c1-15(2)17-9-11-18(12-10-17)19-13-21-23(22(26)14-19)16(3)24-25(21)20-7-5-4-6-8-20/h4-12,15,19H,13-14H2,1-3H3. The Morgan fingerprint density at radius 2 is 1.69 bits per heavy atom. The lowest BCUT2D eigenvalue weighted by atomic mass is 9.81. The number of hydrogen-bond donors (Lipinski definition) is 0. The fourth-order valence-corrected chi connectivity index (χ4v) is 3.93. The second-order valence-electron chi connectivity index (χ2n) is 7.50. The molecule has 4 rings (SSSR count). The van der Waals surface area contributed by atoms with Crippen LogP contribution >= 0.6 is 0 Å². The Morgan fingerprint density at radius 3 is 2.35 bits per heavy atom. The summed E-state index contributed by atoms with van der Waals surface area (Å²) in [6.45, 7) is 6.34. The molecular weight excluding hydrogens is 320 g/mol. The van der Waals surface area contributed by atoms with Crippen molar-refractivity contribution in [1.29, 1.82) is 0 Å². The number of rotatable bonds is 3. The van der Waals surface area contributed by atoms with Gasteiger partial charge >= 0.3 is 0 Å². The first-order chi connectivity index (χ1) is 12.5. The third-order valence-electron chi connectivity index (χ3n) is 5.38. The van der Waals surface area contributed by atoms with Crippen LogP contribution in [0.3, 0.4) is 0 Å². The topological polar surface area (TPSA) is 34.9 Å². The number of nitrogens with zero attached hydrogens (tertiary/aromatic N) is 2. The Bertz CT molecular complexity index is 936. The SMILES string of the molecule is Cc1nn(-c2ccccc2)c2c1C(=O)CC(c1ccc(C(C)C)cc1)C2. The van der Waals surface area contributed by atoms with Gasteiger partial charge in [-0.25, -0.2) is 4.68 Å². The van der Waals surface area contributed by atoms with Crippen molar-refractivity contribution in [3.8, 4) is 5.69 Å². The van der Waals surface area contributed by atoms with E-state index in [0.29, 0.717) is 12.3 Å². The number of benzene rings is 2. The molecule has 3 heteroatoms. The van der Waals surface area contributed by atoms with Gasteiger partial charge in [-0.15, -0.1) is 0 Å². The molecule has 132 valence electrons. The maximum absolute atomic E-state index is 12.9. The molecule has 0 bridgehead atoms. The molecule has 0 fully saturated rings. The molecule has 0 aliphatic heterocycles. The van der Waals surface area contributed by atoms with Gasteiger partial charge in [-0.3, -0.25) is 4.79 Å². The summed E-state index contributed by atoms with van der Waals surface area (Å²) < 4.78 is 1.96. The maximum Gasteiger partial charge on any atom is 0.167 e. The van der Waals surface area contributed by atoms with Crippen LogP contribution in [0.1, 0.15) is 65.0 Å². The molecular formula is C23H24N2O. The van der Waals surface area contributed by atoms with Crippen LogP contribution in [-0.4, -0.2) is 15.6 Å². The van der Waals surface area contributed by atoms with E-state index in [0.717, 1.165) is 29.1 Å². The number of aromatic nitrogens is 2. The van der Waals surface area contributed by atoms with Crippen molar-refractivity contribution < 1.29 is 4.79 Å². The van der Waals surface area contributed by atoms with Crippen molar-refractivity contribution in [1.82, 2.24) is 9.78 Å². The van der Waals surface area contributed by atoms with E-state index in [1.54, 1.807) is 0 Å². The van der Waals surface area contributed by atoms with Crippen molar-refractivity contribution in [3.05, 3.63) is 82.7 Å². The minimum absolute atomic E-state index is 0.212. The molecule has 3 nitrogen and oxygen atoms in total. The van der Waals surface area contributed by atoms with Crippen LogP contribution in [0.5, 0.6) is 0 Å². The Hall–Kier alpha value is -2.68. The van der Waals surface area contributed by atoms with Gasteiger partial charge in [0.15, 0.2) is 5.78 Å². The zero-order valence-electron chi connectivity index (χ0n) is 15.6. The van der Waals surface area contributed by atoms with Gasteiger partial charge in [-0.1, -0.05) is 56.3 Å². The molecule has 2 aromatic carbocycles. The van der Waals surface area contributed by atoms with E-state index in [1.807, 2.05) is 41.9 Å². The molecule has 0 amide bonds. The summed E-state index contributed by atoms with van der Waals surface area (Å²) in [7, 11) is 0. The molecule has 1 aliphatic rings. The second-order valence-corrected chi connectivity index (χ2v) is 7.50. The fourth-order valence-electron chi connectivity index (χ4n) is 3.93. The van der Waals surface area contributed by atoms with Gasteiger partial charge in [0.25, 0.3) is 0 Å². The van der Waals surface area contributed by atoms with Crippen molar-refractivity contribution in [2.45, 2.75) is 45.4 Å². The average molecular weight is 344 g/mol. The Balaban J connectivity index is 1.72. The number of aryl methyl sites for hydroxylation is 1. The molecule has 1 aromatic heterocycles. The normalized spacial score (nSPS) is 16.8. The fraction of sp³-hybridized carbons (Fsp3) is 0.304. The molecule has 1 unspecified atom stereocenters. The predicted molar refractivity (Wildman–Crippen MR) is 104 cm³/mol. The highest BCUT2D eigenvalue weighted by molar-refractivity contribution is 6.00. The number of hydrogen-bond acceptors (Lipinski definition) is 2. The van der Waals surface area contributed by atoms with E-state index in [2.05, 4.69) is 43.2 Å². The molecule has 26 heavy (non-hydrogen) atoms. The lowest BCUT2D eigenvalue weighted by molar-refractivity contribution is 0.0963. The first-order valence-electron chi connectivity index (χ1n) is 9.31. The lowest BCUT2D eigenvalue weighted by Crippen LogP contribution is -2.20. The number of ketones is 1. The largest absolute Gasteiger partial charge is 0.294 e. The average Bonchev–Trinajstić information content (AvgIpc) is 2.99. The summed E-state index contributed by atoms with van der Waals surface area (Å²) in [5, 5.41) is 4.67. The van der Waals surface area contributed by atoms with Gasteiger partial charge in [0.1, 0.15) is 0 Å². The highest BCUT2D eigenvalue weighted by Crippen LogP contribution is 2.35. The summed E-state index contributed by atoms with van der Waals surface area (Å²) in [4.78, 5) is 12.9. The van der Waals surface area contributed by atoms with Crippen LogP contribution < -0.4 is 0 Å². The van der Waals surface area contributed by atoms with E-state index in [-0.39, 0.29) is 11.7 Å². The smallest absolute Gasteiger partial charge is 0.167 e. The molecule has 1 atom stereocenters. The first kappa shape index (κ1) is 16.8. The molecule has 1 aliphatic carbocycles. The molecule has 0 spiro atoms. The third-order valence-corrected chi connectivity index (χ3v) is 5.38. The number of fused-ring (bicyclic) bond motifs is 1. The first-order valence-corrected chi connectivity index (χ1v) is 9.31. The third kappa shape index (κ3) is 2.88. The monoisotopic (exact) mass is 344 g/mol. The summed E-state index contributed by atoms with van der Waals surface area (Å²) in [5.74, 6) is 0.949. The highest BCUT2D eigenvalue weighted by atomic mass is 16.1. The minimum atomic E-state index is 0.212. The molecule has 0 radical (unpaired) electrons. The Kier molecular flexibility index (Phi) is 4.23.